The van der Waals surface area contributed by atoms with E-state index < -0.39 is 11.4 Å². The van der Waals surface area contributed by atoms with E-state index in [-0.39, 0.29) is 23.0 Å². The quantitative estimate of drug-likeness (QED) is 0.681. The van der Waals surface area contributed by atoms with E-state index in [0.29, 0.717) is 30.0 Å². The zero-order valence-electron chi connectivity index (χ0n) is 18.4. The molecule has 1 aliphatic heterocycles. The molecule has 1 aliphatic rings. The van der Waals surface area contributed by atoms with Gasteiger partial charge in [-0.1, -0.05) is 45.0 Å². The summed E-state index contributed by atoms with van der Waals surface area (Å²) in [6.07, 6.45) is 0. The molecule has 2 amide bonds. The second-order valence-corrected chi connectivity index (χ2v) is 9.69. The summed E-state index contributed by atoms with van der Waals surface area (Å²) < 4.78 is 18.9. The SMILES string of the molecule is COCCNC(=O)C1CSC(c2cccc(F)c2)N1C(=O)c1ccc(C(C)(C)C)cc1. The van der Waals surface area contributed by atoms with Gasteiger partial charge in [0.1, 0.15) is 17.2 Å². The lowest BCUT2D eigenvalue weighted by atomic mass is 9.86. The van der Waals surface area contributed by atoms with Crippen molar-refractivity contribution in [3.63, 3.8) is 0 Å². The molecule has 1 saturated heterocycles. The number of carbonyl (C=O) groups is 2. The van der Waals surface area contributed by atoms with Crippen molar-refractivity contribution in [3.05, 3.63) is 71.0 Å². The maximum atomic E-state index is 13.9. The van der Waals surface area contributed by atoms with E-state index in [2.05, 4.69) is 26.1 Å². The minimum Gasteiger partial charge on any atom is -0.383 e. The van der Waals surface area contributed by atoms with Crippen molar-refractivity contribution >= 4 is 23.6 Å². The Labute approximate surface area is 187 Å². The van der Waals surface area contributed by atoms with Crippen molar-refractivity contribution < 1.29 is 18.7 Å². The van der Waals surface area contributed by atoms with Gasteiger partial charge in [0.15, 0.2) is 0 Å². The fourth-order valence-corrected chi connectivity index (χ4v) is 4.95. The van der Waals surface area contributed by atoms with Crippen LogP contribution in [0.2, 0.25) is 0 Å². The van der Waals surface area contributed by atoms with Crippen LogP contribution in [0.1, 0.15) is 47.6 Å². The van der Waals surface area contributed by atoms with Crippen molar-refractivity contribution in [2.45, 2.75) is 37.6 Å². The molecule has 0 radical (unpaired) electrons. The molecule has 1 N–H and O–H groups in total. The Kier molecular flexibility index (Phi) is 7.38. The Morgan fingerprint density at radius 1 is 1.19 bits per heavy atom. The molecule has 7 heteroatoms. The molecular weight excluding hydrogens is 415 g/mol. The van der Waals surface area contributed by atoms with E-state index in [4.69, 9.17) is 4.74 Å². The smallest absolute Gasteiger partial charge is 0.255 e. The summed E-state index contributed by atoms with van der Waals surface area (Å²) in [5.41, 5.74) is 2.26. The third kappa shape index (κ3) is 5.46. The molecule has 0 saturated carbocycles. The average Bonchev–Trinajstić information content (AvgIpc) is 3.18. The Bertz CT molecular complexity index is 927. The van der Waals surface area contributed by atoms with Crippen LogP contribution in [0.4, 0.5) is 4.39 Å². The molecule has 2 atom stereocenters. The highest BCUT2D eigenvalue weighted by atomic mass is 32.2. The molecule has 31 heavy (non-hydrogen) atoms. The Hall–Kier alpha value is -2.38. The molecule has 3 rings (SSSR count). The maximum Gasteiger partial charge on any atom is 0.255 e. The number of rotatable bonds is 6. The predicted molar refractivity (Wildman–Crippen MR) is 122 cm³/mol. The summed E-state index contributed by atoms with van der Waals surface area (Å²) in [7, 11) is 1.56. The second-order valence-electron chi connectivity index (χ2n) is 8.58. The lowest BCUT2D eigenvalue weighted by molar-refractivity contribution is -0.125. The number of ether oxygens (including phenoxy) is 1. The summed E-state index contributed by atoms with van der Waals surface area (Å²) in [5.74, 6) is -0.408. The van der Waals surface area contributed by atoms with Crippen LogP contribution >= 0.6 is 11.8 Å². The first-order valence-electron chi connectivity index (χ1n) is 10.3. The van der Waals surface area contributed by atoms with E-state index in [9.17, 15) is 14.0 Å². The first-order chi connectivity index (χ1) is 14.7. The first-order valence-corrected chi connectivity index (χ1v) is 11.3. The minimum atomic E-state index is -0.648. The third-order valence-corrected chi connectivity index (χ3v) is 6.60. The minimum absolute atomic E-state index is 0.0288. The number of hydrogen-bond donors (Lipinski definition) is 1. The molecule has 0 spiro atoms. The lowest BCUT2D eigenvalue weighted by Crippen LogP contribution is -2.48. The molecule has 2 unspecified atom stereocenters. The largest absolute Gasteiger partial charge is 0.383 e. The molecule has 166 valence electrons. The van der Waals surface area contributed by atoms with Gasteiger partial charge in [0.25, 0.3) is 5.91 Å². The van der Waals surface area contributed by atoms with E-state index in [1.807, 2.05) is 12.1 Å². The molecule has 0 aromatic heterocycles. The van der Waals surface area contributed by atoms with E-state index >= 15 is 0 Å². The van der Waals surface area contributed by atoms with Crippen LogP contribution in [0, 0.1) is 5.82 Å². The van der Waals surface area contributed by atoms with Gasteiger partial charge >= 0.3 is 0 Å². The fourth-order valence-electron chi connectivity index (χ4n) is 3.53. The van der Waals surface area contributed by atoms with Gasteiger partial charge in [-0.15, -0.1) is 11.8 Å². The van der Waals surface area contributed by atoms with Gasteiger partial charge in [0.2, 0.25) is 5.91 Å². The number of halogens is 1. The topological polar surface area (TPSA) is 58.6 Å². The van der Waals surface area contributed by atoms with Gasteiger partial charge in [-0.3, -0.25) is 9.59 Å². The van der Waals surface area contributed by atoms with E-state index in [1.54, 1.807) is 36.3 Å². The fraction of sp³-hybridized carbons (Fsp3) is 0.417. The summed E-state index contributed by atoms with van der Waals surface area (Å²) in [4.78, 5) is 28.0. The molecule has 0 bridgehead atoms. The number of thioether (sulfide) groups is 1. The summed E-state index contributed by atoms with van der Waals surface area (Å²) in [6, 6.07) is 13.0. The van der Waals surface area contributed by atoms with E-state index in [1.165, 1.54) is 23.9 Å². The molecule has 1 heterocycles. The Morgan fingerprint density at radius 3 is 2.52 bits per heavy atom. The van der Waals surface area contributed by atoms with Crippen LogP contribution in [-0.2, 0) is 14.9 Å². The van der Waals surface area contributed by atoms with Gasteiger partial charge in [-0.25, -0.2) is 4.39 Å². The molecule has 5 nitrogen and oxygen atoms in total. The van der Waals surface area contributed by atoms with Gasteiger partial charge in [0.05, 0.1) is 6.61 Å². The van der Waals surface area contributed by atoms with Crippen molar-refractivity contribution in [1.29, 1.82) is 0 Å². The summed E-state index contributed by atoms with van der Waals surface area (Å²) in [5, 5.41) is 2.39. The van der Waals surface area contributed by atoms with Crippen LogP contribution in [0.3, 0.4) is 0 Å². The monoisotopic (exact) mass is 444 g/mol. The lowest BCUT2D eigenvalue weighted by Gasteiger charge is -2.29. The number of amides is 2. The van der Waals surface area contributed by atoms with Gasteiger partial charge in [-0.2, -0.15) is 0 Å². The highest BCUT2D eigenvalue weighted by Gasteiger charge is 2.42. The van der Waals surface area contributed by atoms with Crippen molar-refractivity contribution in [3.8, 4) is 0 Å². The van der Waals surface area contributed by atoms with Crippen LogP contribution in [0.25, 0.3) is 0 Å². The van der Waals surface area contributed by atoms with Gasteiger partial charge < -0.3 is 15.0 Å². The van der Waals surface area contributed by atoms with E-state index in [0.717, 1.165) is 5.56 Å². The maximum absolute atomic E-state index is 13.9. The molecule has 2 aromatic rings. The zero-order chi connectivity index (χ0) is 22.6. The molecule has 1 fully saturated rings. The van der Waals surface area contributed by atoms with Crippen molar-refractivity contribution in [2.75, 3.05) is 26.0 Å². The normalized spacial score (nSPS) is 18.8. The summed E-state index contributed by atoms with van der Waals surface area (Å²) >= 11 is 1.46. The highest BCUT2D eigenvalue weighted by molar-refractivity contribution is 7.99. The number of carbonyl (C=O) groups excluding carboxylic acids is 2. The van der Waals surface area contributed by atoms with Crippen molar-refractivity contribution in [2.24, 2.45) is 0 Å². The number of nitrogens with one attached hydrogen (secondary N) is 1. The molecule has 2 aromatic carbocycles. The number of benzene rings is 2. The number of nitrogens with zero attached hydrogens (tertiary/aromatic N) is 1. The van der Waals surface area contributed by atoms with Crippen molar-refractivity contribution in [1.82, 2.24) is 10.2 Å². The van der Waals surface area contributed by atoms with Crippen LogP contribution in [-0.4, -0.2) is 48.8 Å². The van der Waals surface area contributed by atoms with Crippen LogP contribution < -0.4 is 5.32 Å². The predicted octanol–water partition coefficient (Wildman–Crippen LogP) is 4.14. The second kappa shape index (κ2) is 9.83. The first kappa shape index (κ1) is 23.3. The van der Waals surface area contributed by atoms with Crippen LogP contribution in [0.5, 0.6) is 0 Å². The molecule has 0 aliphatic carbocycles. The standard InChI is InChI=1S/C24H29FN2O3S/c1-24(2,3)18-10-8-16(9-11-18)22(29)27-20(21(28)26-12-13-30-4)15-31-23(27)17-6-5-7-19(25)14-17/h5-11,14,20,23H,12-13,15H2,1-4H3,(H,26,28). The van der Waals surface area contributed by atoms with Gasteiger partial charge in [-0.05, 0) is 40.8 Å². The number of methoxy groups -OCH3 is 1. The Balaban J connectivity index is 1.91. The molecular formula is C24H29FN2O3S. The Morgan fingerprint density at radius 2 is 1.90 bits per heavy atom. The average molecular weight is 445 g/mol. The number of hydrogen-bond acceptors (Lipinski definition) is 4. The van der Waals surface area contributed by atoms with Crippen LogP contribution in [0.15, 0.2) is 48.5 Å². The zero-order valence-corrected chi connectivity index (χ0v) is 19.2. The highest BCUT2D eigenvalue weighted by Crippen LogP contribution is 2.42. The summed E-state index contributed by atoms with van der Waals surface area (Å²) in [6.45, 7) is 7.09. The van der Waals surface area contributed by atoms with Gasteiger partial charge in [0, 0.05) is 25.0 Å². The third-order valence-electron chi connectivity index (χ3n) is 5.27.